The van der Waals surface area contributed by atoms with Gasteiger partial charge in [0.25, 0.3) is 0 Å². The Balaban J connectivity index is 1.39. The second kappa shape index (κ2) is 14.1. The van der Waals surface area contributed by atoms with Gasteiger partial charge in [0.05, 0.1) is 5.88 Å². The van der Waals surface area contributed by atoms with E-state index in [0.717, 1.165) is 36.4 Å². The number of rotatable bonds is 11. The zero-order valence-electron chi connectivity index (χ0n) is 19.7. The molecule has 4 aromatic carbocycles. The first kappa shape index (κ1) is 25.5. The maximum absolute atomic E-state index is 5.93. The smallest absolute Gasteiger partial charge is 0.147 e. The van der Waals surface area contributed by atoms with E-state index in [0.29, 0.717) is 0 Å². The van der Waals surface area contributed by atoms with Crippen molar-refractivity contribution >= 4 is 38.1 Å². The molecule has 0 aliphatic heterocycles. The quantitative estimate of drug-likeness (QED) is 0.113. The normalized spacial score (nSPS) is 10.9. The topological polar surface area (TPSA) is 6.48 Å². The lowest BCUT2D eigenvalue weighted by atomic mass is 10.2. The van der Waals surface area contributed by atoms with Crippen LogP contribution in [0.15, 0.2) is 121 Å². The molecule has 5 heteroatoms. The van der Waals surface area contributed by atoms with Crippen molar-refractivity contribution < 1.29 is 0 Å². The molecule has 0 amide bonds. The molecule has 0 radical (unpaired) electrons. The second-order valence-electron chi connectivity index (χ2n) is 8.38. The van der Waals surface area contributed by atoms with Gasteiger partial charge in [0, 0.05) is 26.2 Å². The van der Waals surface area contributed by atoms with Crippen LogP contribution in [0.2, 0.25) is 0 Å². The number of nitrogens with zero attached hydrogens (tertiary/aromatic N) is 2. The monoisotopic (exact) mass is 514 g/mol. The highest BCUT2D eigenvalue weighted by atomic mass is 33.1. The Morgan fingerprint density at radius 3 is 1.23 bits per heavy atom. The van der Waals surface area contributed by atoms with Crippen LogP contribution in [0.3, 0.4) is 0 Å². The summed E-state index contributed by atoms with van der Waals surface area (Å²) in [5.74, 6) is 0.888. The van der Waals surface area contributed by atoms with E-state index >= 15 is 0 Å². The standard InChI is InChI=1S/C30H30N2S3/c33-30(32(23-28-17-9-3-10-18-28)24-29-19-11-4-12-20-29)35-34-25-31(21-26-13-5-1-6-14-26)22-27-15-7-2-8-16-27/h1-20H,21-25H2. The van der Waals surface area contributed by atoms with Crippen LogP contribution in [0.1, 0.15) is 22.3 Å². The van der Waals surface area contributed by atoms with Gasteiger partial charge in [0.15, 0.2) is 0 Å². The first-order chi connectivity index (χ1) is 17.3. The highest BCUT2D eigenvalue weighted by Crippen LogP contribution is 2.29. The van der Waals surface area contributed by atoms with Crippen molar-refractivity contribution in [1.29, 1.82) is 0 Å². The Morgan fingerprint density at radius 1 is 0.514 bits per heavy atom. The molecule has 0 atom stereocenters. The summed E-state index contributed by atoms with van der Waals surface area (Å²) in [6.45, 7) is 3.43. The molecular formula is C30H30N2S3. The minimum atomic E-state index is 0.805. The van der Waals surface area contributed by atoms with Gasteiger partial charge in [0.1, 0.15) is 4.32 Å². The molecule has 0 spiro atoms. The van der Waals surface area contributed by atoms with Crippen molar-refractivity contribution in [3.63, 3.8) is 0 Å². The van der Waals surface area contributed by atoms with Crippen LogP contribution in [0.25, 0.3) is 0 Å². The summed E-state index contributed by atoms with van der Waals surface area (Å²) in [6, 6.07) is 42.5. The predicted octanol–water partition coefficient (Wildman–Crippen LogP) is 8.02. The van der Waals surface area contributed by atoms with Gasteiger partial charge in [-0.25, -0.2) is 0 Å². The predicted molar refractivity (Wildman–Crippen MR) is 157 cm³/mol. The first-order valence-electron chi connectivity index (χ1n) is 11.7. The van der Waals surface area contributed by atoms with Crippen LogP contribution < -0.4 is 0 Å². The van der Waals surface area contributed by atoms with Crippen molar-refractivity contribution in [2.45, 2.75) is 26.2 Å². The SMILES string of the molecule is S=C(SSCN(Cc1ccccc1)Cc1ccccc1)N(Cc1ccccc1)Cc1ccccc1. The molecule has 4 rings (SSSR count). The van der Waals surface area contributed by atoms with Crippen LogP contribution in [0.4, 0.5) is 0 Å². The molecule has 0 saturated carbocycles. The molecule has 35 heavy (non-hydrogen) atoms. The fourth-order valence-electron chi connectivity index (χ4n) is 3.83. The van der Waals surface area contributed by atoms with Gasteiger partial charge in [-0.2, -0.15) is 0 Å². The number of thiocarbonyl (C=S) groups is 1. The molecule has 2 nitrogen and oxygen atoms in total. The van der Waals surface area contributed by atoms with Crippen molar-refractivity contribution in [2.75, 3.05) is 5.88 Å². The Hall–Kier alpha value is -2.57. The van der Waals surface area contributed by atoms with Crippen LogP contribution in [-0.4, -0.2) is 20.0 Å². The molecule has 4 aromatic rings. The van der Waals surface area contributed by atoms with E-state index in [1.165, 1.54) is 22.3 Å². The summed E-state index contributed by atoms with van der Waals surface area (Å²) < 4.78 is 0.919. The number of benzene rings is 4. The largest absolute Gasteiger partial charge is 0.348 e. The summed E-state index contributed by atoms with van der Waals surface area (Å²) in [4.78, 5) is 4.78. The molecule has 0 N–H and O–H groups in total. The van der Waals surface area contributed by atoms with Crippen LogP contribution >= 0.6 is 33.8 Å². The Bertz CT molecular complexity index is 1060. The van der Waals surface area contributed by atoms with E-state index in [4.69, 9.17) is 12.2 Å². The van der Waals surface area contributed by atoms with E-state index < -0.39 is 0 Å². The van der Waals surface area contributed by atoms with Gasteiger partial charge in [-0.15, -0.1) is 0 Å². The fraction of sp³-hybridized carbons (Fsp3) is 0.167. The molecule has 0 heterocycles. The molecule has 0 fully saturated rings. The Morgan fingerprint density at radius 2 is 0.857 bits per heavy atom. The second-order valence-corrected chi connectivity index (χ2v) is 11.3. The fourth-order valence-corrected chi connectivity index (χ4v) is 6.33. The molecule has 0 aromatic heterocycles. The minimum absolute atomic E-state index is 0.805. The first-order valence-corrected chi connectivity index (χ1v) is 14.5. The maximum atomic E-state index is 5.93. The third-order valence-corrected chi connectivity index (χ3v) is 8.51. The van der Waals surface area contributed by atoms with Crippen molar-refractivity contribution in [1.82, 2.24) is 9.80 Å². The molecule has 0 saturated heterocycles. The van der Waals surface area contributed by atoms with E-state index in [1.807, 2.05) is 10.8 Å². The van der Waals surface area contributed by atoms with Crippen LogP contribution in [0, 0.1) is 0 Å². The highest BCUT2D eigenvalue weighted by molar-refractivity contribution is 8.83. The molecule has 0 aliphatic rings. The van der Waals surface area contributed by atoms with Crippen LogP contribution in [0.5, 0.6) is 0 Å². The van der Waals surface area contributed by atoms with Crippen LogP contribution in [-0.2, 0) is 26.2 Å². The number of hydrogen-bond acceptors (Lipinski definition) is 4. The van der Waals surface area contributed by atoms with E-state index in [9.17, 15) is 0 Å². The molecule has 0 aliphatic carbocycles. The zero-order chi connectivity index (χ0) is 24.1. The van der Waals surface area contributed by atoms with Gasteiger partial charge in [-0.3, -0.25) is 4.90 Å². The van der Waals surface area contributed by atoms with Crippen molar-refractivity contribution in [2.24, 2.45) is 0 Å². The maximum Gasteiger partial charge on any atom is 0.147 e. The number of hydrogen-bond donors (Lipinski definition) is 0. The molecule has 0 bridgehead atoms. The summed E-state index contributed by atoms with van der Waals surface area (Å²) in [6.07, 6.45) is 0. The van der Waals surface area contributed by atoms with Crippen molar-refractivity contribution in [3.8, 4) is 0 Å². The summed E-state index contributed by atoms with van der Waals surface area (Å²) in [7, 11) is 3.52. The van der Waals surface area contributed by atoms with E-state index in [2.05, 4.69) is 131 Å². The summed E-state index contributed by atoms with van der Waals surface area (Å²) >= 11 is 5.93. The third-order valence-electron chi connectivity index (χ3n) is 5.55. The Kier molecular flexibility index (Phi) is 10.3. The van der Waals surface area contributed by atoms with E-state index in [-0.39, 0.29) is 0 Å². The average molecular weight is 515 g/mol. The molecular weight excluding hydrogens is 485 g/mol. The molecule has 178 valence electrons. The Labute approximate surface area is 222 Å². The van der Waals surface area contributed by atoms with Gasteiger partial charge >= 0.3 is 0 Å². The lowest BCUT2D eigenvalue weighted by Crippen LogP contribution is -2.26. The van der Waals surface area contributed by atoms with Gasteiger partial charge < -0.3 is 4.90 Å². The van der Waals surface area contributed by atoms with Gasteiger partial charge in [-0.1, -0.05) is 144 Å². The summed E-state index contributed by atoms with van der Waals surface area (Å²) in [5.41, 5.74) is 5.19. The zero-order valence-corrected chi connectivity index (χ0v) is 22.2. The average Bonchev–Trinajstić information content (AvgIpc) is 2.90. The third kappa shape index (κ3) is 8.86. The van der Waals surface area contributed by atoms with Gasteiger partial charge in [-0.05, 0) is 33.0 Å². The highest BCUT2D eigenvalue weighted by Gasteiger charge is 2.14. The lowest BCUT2D eigenvalue weighted by molar-refractivity contribution is 0.306. The summed E-state index contributed by atoms with van der Waals surface area (Å²) in [5, 5.41) is 0. The molecule has 0 unspecified atom stereocenters. The lowest BCUT2D eigenvalue weighted by Gasteiger charge is -2.26. The minimum Gasteiger partial charge on any atom is -0.348 e. The van der Waals surface area contributed by atoms with E-state index in [1.54, 1.807) is 10.8 Å². The van der Waals surface area contributed by atoms with Gasteiger partial charge in [0.2, 0.25) is 0 Å². The van der Waals surface area contributed by atoms with Crippen molar-refractivity contribution in [3.05, 3.63) is 144 Å².